The number of rotatable bonds is 4. The molecule has 2 atom stereocenters. The summed E-state index contributed by atoms with van der Waals surface area (Å²) in [6, 6.07) is 4.04. The molecular weight excluding hydrogens is 303 g/mol. The highest BCUT2D eigenvalue weighted by Gasteiger charge is 2.38. The Morgan fingerprint density at radius 3 is 2.67 bits per heavy atom. The van der Waals surface area contributed by atoms with Gasteiger partial charge in [0.05, 0.1) is 11.0 Å². The first-order valence-corrected chi connectivity index (χ1v) is 8.07. The zero-order chi connectivity index (χ0) is 15.8. The predicted octanol–water partition coefficient (Wildman–Crippen LogP) is 2.97. The van der Waals surface area contributed by atoms with E-state index in [9.17, 15) is 17.4 Å². The fourth-order valence-electron chi connectivity index (χ4n) is 2.23. The molecule has 0 aliphatic rings. The van der Waals surface area contributed by atoms with Gasteiger partial charge in [0, 0.05) is 34.5 Å². The number of fused-ring (bicyclic) bond motifs is 1. The Morgan fingerprint density at radius 1 is 1.43 bits per heavy atom. The van der Waals surface area contributed by atoms with Crippen LogP contribution in [0.5, 0.6) is 0 Å². The van der Waals surface area contributed by atoms with E-state index in [1.807, 2.05) is 0 Å². The third-order valence-electron chi connectivity index (χ3n) is 3.23. The molecule has 8 heteroatoms. The molecular formula is C13H16F3N3OS. The second kappa shape index (κ2) is 5.67. The summed E-state index contributed by atoms with van der Waals surface area (Å²) in [5.41, 5.74) is 6.56. The molecule has 0 saturated carbocycles. The molecule has 0 spiro atoms. The van der Waals surface area contributed by atoms with Crippen molar-refractivity contribution in [2.75, 3.05) is 17.7 Å². The number of anilines is 1. The SMILES string of the molecule is CC(CCS(C)=O)n1c(C(F)(F)F)nc2cc(N)ccc21. The molecule has 1 aromatic carbocycles. The summed E-state index contributed by atoms with van der Waals surface area (Å²) in [6.45, 7) is 1.67. The van der Waals surface area contributed by atoms with Crippen LogP contribution in [0.4, 0.5) is 18.9 Å². The molecule has 1 heterocycles. The van der Waals surface area contributed by atoms with Crippen LogP contribution in [0.1, 0.15) is 25.2 Å². The number of alkyl halides is 3. The van der Waals surface area contributed by atoms with Crippen LogP contribution < -0.4 is 5.73 Å². The molecule has 0 saturated heterocycles. The average molecular weight is 319 g/mol. The molecule has 0 bridgehead atoms. The van der Waals surface area contributed by atoms with Crippen molar-refractivity contribution in [3.63, 3.8) is 0 Å². The lowest BCUT2D eigenvalue weighted by Crippen LogP contribution is -2.19. The molecule has 2 unspecified atom stereocenters. The molecule has 2 rings (SSSR count). The quantitative estimate of drug-likeness (QED) is 0.881. The standard InChI is InChI=1S/C13H16F3N3OS/c1-8(5-6-21(2)20)19-11-4-3-9(17)7-10(11)18-12(19)13(14,15)16/h3-4,7-8H,5-6,17H2,1-2H3. The van der Waals surface area contributed by atoms with E-state index in [-0.39, 0.29) is 5.52 Å². The third-order valence-corrected chi connectivity index (χ3v) is 4.04. The van der Waals surface area contributed by atoms with Crippen LogP contribution in [0.2, 0.25) is 0 Å². The van der Waals surface area contributed by atoms with Gasteiger partial charge in [0.15, 0.2) is 0 Å². The second-order valence-electron chi connectivity index (χ2n) is 4.97. The van der Waals surface area contributed by atoms with E-state index in [1.54, 1.807) is 13.0 Å². The van der Waals surface area contributed by atoms with E-state index in [4.69, 9.17) is 5.73 Å². The third kappa shape index (κ3) is 3.37. The minimum atomic E-state index is -4.55. The summed E-state index contributed by atoms with van der Waals surface area (Å²) in [7, 11) is -1.05. The molecule has 0 fully saturated rings. The van der Waals surface area contributed by atoms with E-state index < -0.39 is 28.8 Å². The van der Waals surface area contributed by atoms with Gasteiger partial charge in [-0.25, -0.2) is 4.98 Å². The number of hydrogen-bond donors (Lipinski definition) is 1. The Morgan fingerprint density at radius 2 is 2.10 bits per heavy atom. The summed E-state index contributed by atoms with van der Waals surface area (Å²) in [6.07, 6.45) is -2.64. The van der Waals surface area contributed by atoms with Gasteiger partial charge in [-0.1, -0.05) is 0 Å². The topological polar surface area (TPSA) is 60.9 Å². The summed E-state index contributed by atoms with van der Waals surface area (Å²) >= 11 is 0. The van der Waals surface area contributed by atoms with E-state index in [0.717, 1.165) is 4.57 Å². The van der Waals surface area contributed by atoms with Crippen LogP contribution in [-0.2, 0) is 17.0 Å². The number of halogens is 3. The van der Waals surface area contributed by atoms with Gasteiger partial charge in [-0.2, -0.15) is 13.2 Å². The number of hydrogen-bond acceptors (Lipinski definition) is 3. The first kappa shape index (κ1) is 15.8. The lowest BCUT2D eigenvalue weighted by Gasteiger charge is -2.18. The zero-order valence-electron chi connectivity index (χ0n) is 11.6. The van der Waals surface area contributed by atoms with E-state index in [2.05, 4.69) is 4.98 Å². The number of nitrogen functional groups attached to an aromatic ring is 1. The number of aromatic nitrogens is 2. The number of benzene rings is 1. The van der Waals surface area contributed by atoms with Gasteiger partial charge in [0.1, 0.15) is 0 Å². The van der Waals surface area contributed by atoms with Crippen molar-refractivity contribution >= 4 is 27.5 Å². The van der Waals surface area contributed by atoms with Gasteiger partial charge in [0.2, 0.25) is 5.82 Å². The first-order valence-electron chi connectivity index (χ1n) is 6.35. The minimum absolute atomic E-state index is 0.215. The van der Waals surface area contributed by atoms with Crippen LogP contribution in [-0.4, -0.2) is 25.8 Å². The molecule has 2 aromatic rings. The van der Waals surface area contributed by atoms with Gasteiger partial charge in [-0.3, -0.25) is 4.21 Å². The smallest absolute Gasteiger partial charge is 0.399 e. The average Bonchev–Trinajstić information content (AvgIpc) is 2.74. The fourth-order valence-corrected chi connectivity index (χ4v) is 2.90. The van der Waals surface area contributed by atoms with Crippen molar-refractivity contribution in [3.8, 4) is 0 Å². The van der Waals surface area contributed by atoms with Crippen molar-refractivity contribution in [1.29, 1.82) is 0 Å². The molecule has 0 radical (unpaired) electrons. The molecule has 4 nitrogen and oxygen atoms in total. The highest BCUT2D eigenvalue weighted by Crippen LogP contribution is 2.35. The van der Waals surface area contributed by atoms with E-state index in [0.29, 0.717) is 23.4 Å². The summed E-state index contributed by atoms with van der Waals surface area (Å²) in [5, 5.41) is 0. The number of nitrogens with zero attached hydrogens (tertiary/aromatic N) is 2. The molecule has 21 heavy (non-hydrogen) atoms. The Bertz CT molecular complexity index is 681. The monoisotopic (exact) mass is 319 g/mol. The van der Waals surface area contributed by atoms with Crippen molar-refractivity contribution in [2.45, 2.75) is 25.6 Å². The zero-order valence-corrected chi connectivity index (χ0v) is 12.5. The van der Waals surface area contributed by atoms with Gasteiger partial charge in [0.25, 0.3) is 0 Å². The van der Waals surface area contributed by atoms with Crippen molar-refractivity contribution in [2.24, 2.45) is 0 Å². The molecule has 1 aromatic heterocycles. The van der Waals surface area contributed by atoms with Crippen LogP contribution in [0, 0.1) is 0 Å². The molecule has 0 aliphatic heterocycles. The van der Waals surface area contributed by atoms with E-state index in [1.165, 1.54) is 18.4 Å². The van der Waals surface area contributed by atoms with Gasteiger partial charge < -0.3 is 10.3 Å². The van der Waals surface area contributed by atoms with E-state index >= 15 is 0 Å². The van der Waals surface area contributed by atoms with Gasteiger partial charge in [-0.15, -0.1) is 0 Å². The van der Waals surface area contributed by atoms with Crippen LogP contribution in [0.25, 0.3) is 11.0 Å². The molecule has 116 valence electrons. The maximum absolute atomic E-state index is 13.2. The van der Waals surface area contributed by atoms with Crippen molar-refractivity contribution in [1.82, 2.24) is 9.55 Å². The summed E-state index contributed by atoms with van der Waals surface area (Å²) in [5.74, 6) is -0.606. The first-order chi connectivity index (χ1) is 9.70. The normalized spacial score (nSPS) is 15.3. The summed E-state index contributed by atoms with van der Waals surface area (Å²) < 4.78 is 51.8. The van der Waals surface area contributed by atoms with Crippen LogP contribution in [0.15, 0.2) is 18.2 Å². The molecule has 2 N–H and O–H groups in total. The fraction of sp³-hybridized carbons (Fsp3) is 0.462. The predicted molar refractivity (Wildman–Crippen MR) is 77.4 cm³/mol. The second-order valence-corrected chi connectivity index (χ2v) is 6.52. The molecule has 0 aliphatic carbocycles. The largest absolute Gasteiger partial charge is 0.449 e. The highest BCUT2D eigenvalue weighted by atomic mass is 32.2. The lowest BCUT2D eigenvalue weighted by molar-refractivity contribution is -0.147. The van der Waals surface area contributed by atoms with Gasteiger partial charge >= 0.3 is 6.18 Å². The van der Waals surface area contributed by atoms with Crippen molar-refractivity contribution in [3.05, 3.63) is 24.0 Å². The maximum Gasteiger partial charge on any atom is 0.449 e. The maximum atomic E-state index is 13.2. The van der Waals surface area contributed by atoms with Crippen LogP contribution in [0.3, 0.4) is 0 Å². The Balaban J connectivity index is 2.55. The summed E-state index contributed by atoms with van der Waals surface area (Å²) in [4.78, 5) is 3.68. The number of nitrogens with two attached hydrogens (primary N) is 1. The minimum Gasteiger partial charge on any atom is -0.399 e. The Hall–Kier alpha value is -1.57. The van der Waals surface area contributed by atoms with Crippen molar-refractivity contribution < 1.29 is 17.4 Å². The Kier molecular flexibility index (Phi) is 4.27. The van der Waals surface area contributed by atoms with Crippen LogP contribution >= 0.6 is 0 Å². The van der Waals surface area contributed by atoms with Gasteiger partial charge in [-0.05, 0) is 31.5 Å². The molecule has 0 amide bonds. The lowest BCUT2D eigenvalue weighted by atomic mass is 10.2. The number of imidazole rings is 1. The highest BCUT2D eigenvalue weighted by molar-refractivity contribution is 7.84. The Labute approximate surface area is 122 Å².